The monoisotopic (exact) mass is 344 g/mol. The number of rotatable bonds is 4. The Morgan fingerprint density at radius 3 is 2.96 bits per heavy atom. The van der Waals surface area contributed by atoms with E-state index in [0.717, 1.165) is 33.5 Å². The van der Waals surface area contributed by atoms with Gasteiger partial charge in [-0.25, -0.2) is 8.70 Å². The van der Waals surface area contributed by atoms with Crippen molar-refractivity contribution in [3.8, 4) is 11.1 Å². The summed E-state index contributed by atoms with van der Waals surface area (Å²) < 4.78 is 15.4. The molecule has 4 rings (SSSR count). The maximum Gasteiger partial charge on any atom is 0.125 e. The number of H-pyrrole nitrogens is 1. The zero-order valence-electron chi connectivity index (χ0n) is 12.9. The molecule has 2 heterocycles. The number of aromatic nitrogens is 1. The van der Waals surface area contributed by atoms with Crippen LogP contribution in [0, 0.1) is 5.82 Å². The molecule has 0 unspecified atom stereocenters. The fourth-order valence-electron chi connectivity index (χ4n) is 3.05. The molecule has 124 valence electrons. The van der Waals surface area contributed by atoms with Crippen molar-refractivity contribution in [2.45, 2.75) is 17.5 Å². The van der Waals surface area contributed by atoms with Crippen LogP contribution in [-0.4, -0.2) is 38.8 Å². The average molecular weight is 344 g/mol. The lowest BCUT2D eigenvalue weighted by Gasteiger charge is -2.16. The maximum absolute atomic E-state index is 13.3. The van der Waals surface area contributed by atoms with Gasteiger partial charge in [0.1, 0.15) is 5.82 Å². The van der Waals surface area contributed by atoms with E-state index in [1.807, 2.05) is 10.5 Å². The molecule has 3 N–H and O–H groups in total. The summed E-state index contributed by atoms with van der Waals surface area (Å²) in [5.74, 6) is -0.251. The Kier molecular flexibility index (Phi) is 4.05. The molecule has 0 saturated heterocycles. The molecule has 2 aromatic carbocycles. The summed E-state index contributed by atoms with van der Waals surface area (Å²) in [6.07, 6.45) is 1.18. The minimum absolute atomic E-state index is 0.232. The molecular formula is C18H17FN2O2S. The van der Waals surface area contributed by atoms with Gasteiger partial charge >= 0.3 is 0 Å². The number of aliphatic hydroxyl groups excluding tert-OH is 2. The smallest absolute Gasteiger partial charge is 0.125 e. The third-order valence-electron chi connectivity index (χ3n) is 4.21. The van der Waals surface area contributed by atoms with E-state index in [9.17, 15) is 9.50 Å². The topological polar surface area (TPSA) is 59.5 Å². The predicted octanol–water partition coefficient (Wildman–Crippen LogP) is 3.15. The van der Waals surface area contributed by atoms with Crippen molar-refractivity contribution in [1.82, 2.24) is 9.29 Å². The number of aliphatic hydroxyl groups is 2. The van der Waals surface area contributed by atoms with Crippen molar-refractivity contribution in [2.24, 2.45) is 0 Å². The Balaban J connectivity index is 1.64. The van der Waals surface area contributed by atoms with Crippen molar-refractivity contribution in [3.05, 3.63) is 54.0 Å². The first-order valence-electron chi connectivity index (χ1n) is 7.76. The van der Waals surface area contributed by atoms with E-state index >= 15 is 0 Å². The Morgan fingerprint density at radius 1 is 1.25 bits per heavy atom. The van der Waals surface area contributed by atoms with Crippen LogP contribution in [-0.2, 0) is 6.54 Å². The van der Waals surface area contributed by atoms with Gasteiger partial charge in [-0.2, -0.15) is 0 Å². The van der Waals surface area contributed by atoms with Crippen molar-refractivity contribution in [1.29, 1.82) is 0 Å². The number of hydrogen-bond acceptors (Lipinski definition) is 4. The van der Waals surface area contributed by atoms with Gasteiger partial charge in [0.25, 0.3) is 0 Å². The molecule has 1 aliphatic rings. The van der Waals surface area contributed by atoms with Crippen LogP contribution in [0.5, 0.6) is 0 Å². The minimum Gasteiger partial charge on any atom is -0.394 e. The molecule has 0 amide bonds. The number of nitrogens with one attached hydrogen (secondary N) is 1. The number of benzene rings is 2. The second-order valence-corrected chi connectivity index (χ2v) is 7.10. The zero-order chi connectivity index (χ0) is 16.7. The maximum atomic E-state index is 13.3. The highest BCUT2D eigenvalue weighted by Gasteiger charge is 2.22. The zero-order valence-corrected chi connectivity index (χ0v) is 13.7. The van der Waals surface area contributed by atoms with Crippen LogP contribution in [0.25, 0.3) is 22.0 Å². The van der Waals surface area contributed by atoms with Gasteiger partial charge in [-0.3, -0.25) is 0 Å². The van der Waals surface area contributed by atoms with E-state index in [1.54, 1.807) is 18.0 Å². The standard InChI is InChI=1S/C18H17FN2O2S/c19-13-2-3-15-16(7-20-17(15)6-13)11-1-4-18-12(5-11)8-21(24-18)9-14(23)10-22/h1-7,14,20,22-23H,8-10H2/t14-/m1/s1. The Labute approximate surface area is 143 Å². The summed E-state index contributed by atoms with van der Waals surface area (Å²) in [5.41, 5.74) is 4.11. The van der Waals surface area contributed by atoms with Crippen LogP contribution >= 0.6 is 11.9 Å². The molecular weight excluding hydrogens is 327 g/mol. The van der Waals surface area contributed by atoms with Crippen LogP contribution in [0.1, 0.15) is 5.56 Å². The van der Waals surface area contributed by atoms with Crippen molar-refractivity contribution >= 4 is 22.9 Å². The molecule has 4 nitrogen and oxygen atoms in total. The molecule has 1 atom stereocenters. The molecule has 0 aliphatic carbocycles. The molecule has 6 heteroatoms. The molecule has 24 heavy (non-hydrogen) atoms. The highest BCUT2D eigenvalue weighted by atomic mass is 32.2. The second kappa shape index (κ2) is 6.22. The number of nitrogens with zero attached hydrogens (tertiary/aromatic N) is 1. The highest BCUT2D eigenvalue weighted by molar-refractivity contribution is 7.97. The average Bonchev–Trinajstić information content (AvgIpc) is 3.16. The molecule has 0 radical (unpaired) electrons. The number of aromatic amines is 1. The summed E-state index contributed by atoms with van der Waals surface area (Å²) in [4.78, 5) is 4.28. The summed E-state index contributed by atoms with van der Waals surface area (Å²) in [6, 6.07) is 11.0. The summed E-state index contributed by atoms with van der Waals surface area (Å²) in [5, 5.41) is 19.6. The van der Waals surface area contributed by atoms with Crippen molar-refractivity contribution in [3.63, 3.8) is 0 Å². The molecule has 0 bridgehead atoms. The van der Waals surface area contributed by atoms with Gasteiger partial charge < -0.3 is 15.2 Å². The van der Waals surface area contributed by atoms with E-state index in [0.29, 0.717) is 6.54 Å². The Morgan fingerprint density at radius 2 is 2.12 bits per heavy atom. The van der Waals surface area contributed by atoms with Gasteiger partial charge in [0.15, 0.2) is 0 Å². The highest BCUT2D eigenvalue weighted by Crippen LogP contribution is 2.39. The number of fused-ring (bicyclic) bond motifs is 2. The van der Waals surface area contributed by atoms with Crippen LogP contribution in [0.2, 0.25) is 0 Å². The van der Waals surface area contributed by atoms with Gasteiger partial charge in [0, 0.05) is 40.6 Å². The number of β-amino-alcohol motifs (C(OH)–C–C–N with tert-alkyl or cyclic N) is 1. The largest absolute Gasteiger partial charge is 0.394 e. The molecule has 1 aromatic heterocycles. The summed E-state index contributed by atoms with van der Waals surface area (Å²) in [7, 11) is 0. The predicted molar refractivity (Wildman–Crippen MR) is 93.1 cm³/mol. The van der Waals surface area contributed by atoms with E-state index in [-0.39, 0.29) is 12.4 Å². The van der Waals surface area contributed by atoms with E-state index in [1.165, 1.54) is 17.7 Å². The third-order valence-corrected chi connectivity index (χ3v) is 5.35. The van der Waals surface area contributed by atoms with Crippen LogP contribution in [0.4, 0.5) is 4.39 Å². The molecule has 1 aliphatic heterocycles. The van der Waals surface area contributed by atoms with E-state index < -0.39 is 6.10 Å². The van der Waals surface area contributed by atoms with Crippen molar-refractivity contribution < 1.29 is 14.6 Å². The van der Waals surface area contributed by atoms with E-state index in [2.05, 4.69) is 23.2 Å². The lowest BCUT2D eigenvalue weighted by atomic mass is 10.0. The molecule has 0 spiro atoms. The van der Waals surface area contributed by atoms with E-state index in [4.69, 9.17) is 5.11 Å². The van der Waals surface area contributed by atoms with Gasteiger partial charge in [-0.1, -0.05) is 6.07 Å². The third kappa shape index (κ3) is 2.82. The van der Waals surface area contributed by atoms with Gasteiger partial charge in [-0.15, -0.1) is 0 Å². The normalized spacial score (nSPS) is 15.8. The van der Waals surface area contributed by atoms with Gasteiger partial charge in [-0.05, 0) is 53.4 Å². The molecule has 3 aromatic rings. The second-order valence-electron chi connectivity index (χ2n) is 5.96. The first kappa shape index (κ1) is 15.7. The summed E-state index contributed by atoms with van der Waals surface area (Å²) >= 11 is 1.60. The SMILES string of the molecule is OC[C@H](O)CN1Cc2cc(-c3c[nH]c4cc(F)ccc34)ccc2S1. The van der Waals surface area contributed by atoms with Crippen LogP contribution in [0.15, 0.2) is 47.5 Å². The first-order chi connectivity index (χ1) is 11.6. The molecule has 0 fully saturated rings. The van der Waals surface area contributed by atoms with Crippen molar-refractivity contribution in [2.75, 3.05) is 13.2 Å². The lowest BCUT2D eigenvalue weighted by Crippen LogP contribution is -2.27. The minimum atomic E-state index is -0.727. The molecule has 0 saturated carbocycles. The quantitative estimate of drug-likeness (QED) is 0.637. The van der Waals surface area contributed by atoms with Gasteiger partial charge in [0.05, 0.1) is 12.7 Å². The first-order valence-corrected chi connectivity index (χ1v) is 8.53. The summed E-state index contributed by atoms with van der Waals surface area (Å²) in [6.45, 7) is 0.921. The Bertz CT molecular complexity index is 896. The fraction of sp³-hybridized carbons (Fsp3) is 0.222. The van der Waals surface area contributed by atoms with Crippen LogP contribution < -0.4 is 0 Å². The van der Waals surface area contributed by atoms with Crippen LogP contribution in [0.3, 0.4) is 0 Å². The number of hydrogen-bond donors (Lipinski definition) is 3. The number of halogens is 1. The fourth-order valence-corrected chi connectivity index (χ4v) is 4.15. The lowest BCUT2D eigenvalue weighted by molar-refractivity contribution is 0.0804. The van der Waals surface area contributed by atoms with Gasteiger partial charge in [0.2, 0.25) is 0 Å². The Hall–Kier alpha value is -1.86.